The third-order valence-corrected chi connectivity index (χ3v) is 3.83. The Morgan fingerprint density at radius 2 is 1.71 bits per heavy atom. The van der Waals surface area contributed by atoms with Gasteiger partial charge < -0.3 is 27.2 Å². The van der Waals surface area contributed by atoms with Gasteiger partial charge in [0, 0.05) is 6.04 Å². The zero-order valence-corrected chi connectivity index (χ0v) is 13.9. The minimum absolute atomic E-state index is 0. The molecule has 1 aliphatic heterocycles. The predicted molar refractivity (Wildman–Crippen MR) is 84.8 cm³/mol. The number of halogens is 3. The SMILES string of the molecule is Fc1ccc(COc2ccc(OC[C@H]3CCCN3)cc2)cc1F.[Cl-].[H+]. The first kappa shape index (κ1) is 18.5. The van der Waals surface area contributed by atoms with E-state index >= 15 is 0 Å². The number of ether oxygens (including phenoxy) is 2. The minimum atomic E-state index is -0.865. The highest BCUT2D eigenvalue weighted by atomic mass is 35.5. The molecule has 6 heteroatoms. The van der Waals surface area contributed by atoms with Crippen LogP contribution in [0, 0.1) is 11.6 Å². The molecule has 0 spiro atoms. The monoisotopic (exact) mass is 355 g/mol. The summed E-state index contributed by atoms with van der Waals surface area (Å²) >= 11 is 0. The van der Waals surface area contributed by atoms with E-state index in [1.807, 2.05) is 12.1 Å². The summed E-state index contributed by atoms with van der Waals surface area (Å²) in [4.78, 5) is 0. The number of benzene rings is 2. The average molecular weight is 356 g/mol. The molecule has 2 aromatic rings. The first-order chi connectivity index (χ1) is 11.2. The first-order valence-corrected chi connectivity index (χ1v) is 7.74. The smallest absolute Gasteiger partial charge is 1.00 e. The molecule has 2 aromatic carbocycles. The Labute approximate surface area is 147 Å². The van der Waals surface area contributed by atoms with Gasteiger partial charge >= 0.3 is 1.43 Å². The molecule has 1 heterocycles. The van der Waals surface area contributed by atoms with Crippen molar-refractivity contribution in [3.63, 3.8) is 0 Å². The molecule has 0 saturated carbocycles. The molecule has 3 nitrogen and oxygen atoms in total. The summed E-state index contributed by atoms with van der Waals surface area (Å²) in [6, 6.07) is 11.5. The fourth-order valence-electron chi connectivity index (χ4n) is 2.52. The molecule has 0 unspecified atom stereocenters. The van der Waals surface area contributed by atoms with Gasteiger partial charge in [-0.2, -0.15) is 0 Å². The molecule has 0 amide bonds. The van der Waals surface area contributed by atoms with Crippen LogP contribution in [0.3, 0.4) is 0 Å². The van der Waals surface area contributed by atoms with Crippen molar-refractivity contribution in [1.82, 2.24) is 5.32 Å². The van der Waals surface area contributed by atoms with Gasteiger partial charge in [0.25, 0.3) is 0 Å². The molecule has 1 fully saturated rings. The second-order valence-electron chi connectivity index (χ2n) is 5.61. The van der Waals surface area contributed by atoms with Gasteiger partial charge in [0.1, 0.15) is 24.7 Å². The number of rotatable bonds is 6. The van der Waals surface area contributed by atoms with Gasteiger partial charge in [-0.1, -0.05) is 6.07 Å². The molecule has 1 N–H and O–H groups in total. The van der Waals surface area contributed by atoms with E-state index in [-0.39, 0.29) is 20.4 Å². The van der Waals surface area contributed by atoms with Crippen molar-refractivity contribution in [3.05, 3.63) is 59.7 Å². The summed E-state index contributed by atoms with van der Waals surface area (Å²) in [6.07, 6.45) is 2.35. The number of nitrogens with one attached hydrogen (secondary N) is 1. The van der Waals surface area contributed by atoms with Gasteiger partial charge in [-0.15, -0.1) is 0 Å². The molecule has 0 bridgehead atoms. The number of hydrogen-bond donors (Lipinski definition) is 1. The first-order valence-electron chi connectivity index (χ1n) is 7.74. The van der Waals surface area contributed by atoms with E-state index in [9.17, 15) is 8.78 Å². The van der Waals surface area contributed by atoms with Crippen LogP contribution >= 0.6 is 0 Å². The maximum Gasteiger partial charge on any atom is 1.00 e. The Bertz CT molecular complexity index is 652. The Kier molecular flexibility index (Phi) is 6.82. The largest absolute Gasteiger partial charge is 1.00 e. The molecule has 1 saturated heterocycles. The maximum absolute atomic E-state index is 13.1. The topological polar surface area (TPSA) is 30.5 Å². The van der Waals surface area contributed by atoms with E-state index in [4.69, 9.17) is 9.47 Å². The van der Waals surface area contributed by atoms with Crippen molar-refractivity contribution >= 4 is 0 Å². The predicted octanol–water partition coefficient (Wildman–Crippen LogP) is 0.791. The van der Waals surface area contributed by atoms with Gasteiger partial charge in [0.2, 0.25) is 0 Å². The van der Waals surface area contributed by atoms with E-state index in [1.54, 1.807) is 12.1 Å². The van der Waals surface area contributed by atoms with Crippen molar-refractivity contribution in [2.75, 3.05) is 13.2 Å². The Morgan fingerprint density at radius 1 is 1.00 bits per heavy atom. The molecule has 0 aromatic heterocycles. The highest BCUT2D eigenvalue weighted by Gasteiger charge is 2.14. The normalized spacial score (nSPS) is 16.5. The van der Waals surface area contributed by atoms with Crippen molar-refractivity contribution in [3.8, 4) is 11.5 Å². The van der Waals surface area contributed by atoms with Crippen molar-refractivity contribution in [2.45, 2.75) is 25.5 Å². The minimum Gasteiger partial charge on any atom is -1.00 e. The lowest BCUT2D eigenvalue weighted by molar-refractivity contribution is -0.00000648. The fraction of sp³-hybridized carbons (Fsp3) is 0.333. The molecule has 0 aliphatic carbocycles. The zero-order valence-electron chi connectivity index (χ0n) is 14.1. The zero-order chi connectivity index (χ0) is 16.1. The average Bonchev–Trinajstić information content (AvgIpc) is 3.08. The van der Waals surface area contributed by atoms with E-state index in [2.05, 4.69) is 5.32 Å². The van der Waals surface area contributed by atoms with E-state index in [0.29, 0.717) is 24.0 Å². The van der Waals surface area contributed by atoms with Gasteiger partial charge in [0.15, 0.2) is 11.6 Å². The summed E-state index contributed by atoms with van der Waals surface area (Å²) in [5.41, 5.74) is 0.580. The van der Waals surface area contributed by atoms with Gasteiger partial charge in [0.05, 0.1) is 0 Å². The lowest BCUT2D eigenvalue weighted by atomic mass is 10.2. The lowest BCUT2D eigenvalue weighted by Crippen LogP contribution is -3.00. The molecule has 3 rings (SSSR count). The summed E-state index contributed by atoms with van der Waals surface area (Å²) in [6.45, 7) is 1.91. The van der Waals surface area contributed by atoms with Crippen LogP contribution in [0.1, 0.15) is 19.8 Å². The van der Waals surface area contributed by atoms with Crippen LogP contribution in [-0.2, 0) is 6.61 Å². The van der Waals surface area contributed by atoms with Crippen LogP contribution in [0.2, 0.25) is 0 Å². The summed E-state index contributed by atoms with van der Waals surface area (Å²) < 4.78 is 37.3. The van der Waals surface area contributed by atoms with Crippen LogP contribution in [0.25, 0.3) is 0 Å². The second-order valence-corrected chi connectivity index (χ2v) is 5.61. The van der Waals surface area contributed by atoms with Crippen molar-refractivity contribution in [2.24, 2.45) is 0 Å². The molecule has 24 heavy (non-hydrogen) atoms. The van der Waals surface area contributed by atoms with E-state index in [0.717, 1.165) is 30.8 Å². The molecular formula is C18H20ClF2NO2. The van der Waals surface area contributed by atoms with E-state index < -0.39 is 11.6 Å². The van der Waals surface area contributed by atoms with Crippen molar-refractivity contribution < 1.29 is 32.1 Å². The maximum atomic E-state index is 13.1. The third kappa shape index (κ3) is 5.08. The standard InChI is InChI=1S/C18H19F2NO2.ClH/c19-17-8-3-13(10-18(17)20)11-22-15-4-6-16(7-5-15)23-12-14-2-1-9-21-14;/h3-8,10,14,21H,1-2,9,11-12H2;1H/t14-;/m1./s1. The molecule has 1 atom stereocenters. The van der Waals surface area contributed by atoms with Gasteiger partial charge in [-0.05, 0) is 61.3 Å². The van der Waals surface area contributed by atoms with Crippen LogP contribution in [0.4, 0.5) is 8.78 Å². The summed E-state index contributed by atoms with van der Waals surface area (Å²) in [7, 11) is 0. The van der Waals surface area contributed by atoms with Crippen molar-refractivity contribution in [1.29, 1.82) is 0 Å². The van der Waals surface area contributed by atoms with Gasteiger partial charge in [-0.3, -0.25) is 0 Å². The molecular weight excluding hydrogens is 336 g/mol. The Morgan fingerprint density at radius 3 is 2.33 bits per heavy atom. The second kappa shape index (κ2) is 8.85. The van der Waals surface area contributed by atoms with E-state index in [1.165, 1.54) is 12.5 Å². The summed E-state index contributed by atoms with van der Waals surface area (Å²) in [5.74, 6) is -0.276. The van der Waals surface area contributed by atoms with Crippen LogP contribution in [0.15, 0.2) is 42.5 Å². The number of hydrogen-bond acceptors (Lipinski definition) is 3. The fourth-order valence-corrected chi connectivity index (χ4v) is 2.52. The van der Waals surface area contributed by atoms with Crippen LogP contribution < -0.4 is 27.2 Å². The van der Waals surface area contributed by atoms with Crippen LogP contribution in [0.5, 0.6) is 11.5 Å². The third-order valence-electron chi connectivity index (χ3n) is 3.83. The quantitative estimate of drug-likeness (QED) is 0.831. The molecule has 130 valence electrons. The van der Waals surface area contributed by atoms with Crippen LogP contribution in [-0.4, -0.2) is 19.2 Å². The highest BCUT2D eigenvalue weighted by Crippen LogP contribution is 2.20. The molecule has 0 radical (unpaired) electrons. The lowest BCUT2D eigenvalue weighted by Gasteiger charge is -2.12. The molecule has 1 aliphatic rings. The highest BCUT2D eigenvalue weighted by molar-refractivity contribution is 5.31. The van der Waals surface area contributed by atoms with Gasteiger partial charge in [-0.25, -0.2) is 8.78 Å². The Hall–Kier alpha value is -1.85. The summed E-state index contributed by atoms with van der Waals surface area (Å²) in [5, 5.41) is 3.38. The Balaban J connectivity index is 0.00000156.